The van der Waals surface area contributed by atoms with Gasteiger partial charge in [0.1, 0.15) is 11.1 Å². The Bertz CT molecular complexity index is 616. The van der Waals surface area contributed by atoms with Crippen LogP contribution in [0.1, 0.15) is 12.0 Å². The van der Waals surface area contributed by atoms with Crippen molar-refractivity contribution in [3.8, 4) is 6.07 Å². The summed E-state index contributed by atoms with van der Waals surface area (Å²) in [6.07, 6.45) is 0.383. The van der Waals surface area contributed by atoms with Crippen LogP contribution in [0.15, 0.2) is 41.8 Å². The number of anilines is 2. The molecule has 1 amide bonds. The second-order valence-corrected chi connectivity index (χ2v) is 5.25. The molecule has 0 aliphatic heterocycles. The van der Waals surface area contributed by atoms with E-state index in [0.29, 0.717) is 23.5 Å². The number of benzene rings is 1. The Morgan fingerprint density at radius 2 is 2.10 bits per heavy atom. The molecule has 1 heterocycles. The lowest BCUT2D eigenvalue weighted by Crippen LogP contribution is -2.23. The van der Waals surface area contributed by atoms with Crippen LogP contribution in [0.25, 0.3) is 0 Å². The molecule has 5 heteroatoms. The summed E-state index contributed by atoms with van der Waals surface area (Å²) in [5, 5.41) is 14.1. The molecule has 0 radical (unpaired) electrons. The average molecular weight is 285 g/mol. The summed E-state index contributed by atoms with van der Waals surface area (Å²) in [4.78, 5) is 13.9. The van der Waals surface area contributed by atoms with E-state index >= 15 is 0 Å². The van der Waals surface area contributed by atoms with Gasteiger partial charge in [-0.1, -0.05) is 18.2 Å². The van der Waals surface area contributed by atoms with E-state index in [1.54, 1.807) is 11.4 Å². The first-order chi connectivity index (χ1) is 9.70. The van der Waals surface area contributed by atoms with Crippen LogP contribution in [-0.2, 0) is 4.79 Å². The minimum Gasteiger partial charge on any atom is -0.374 e. The lowest BCUT2D eigenvalue weighted by atomic mass is 10.3. The zero-order chi connectivity index (χ0) is 14.4. The number of carbonyl (C=O) groups excluding carboxylic acids is 1. The predicted molar refractivity (Wildman–Crippen MR) is 82.0 cm³/mol. The van der Waals surface area contributed by atoms with Crippen LogP contribution in [0.5, 0.6) is 0 Å². The Hall–Kier alpha value is -2.32. The highest BCUT2D eigenvalue weighted by atomic mass is 32.1. The van der Waals surface area contributed by atoms with Gasteiger partial charge in [0.05, 0.1) is 5.56 Å². The van der Waals surface area contributed by atoms with Crippen LogP contribution < -0.4 is 10.2 Å². The predicted octanol–water partition coefficient (Wildman–Crippen LogP) is 3.08. The largest absolute Gasteiger partial charge is 0.374 e. The fourth-order valence-electron chi connectivity index (χ4n) is 1.76. The molecule has 0 bridgehead atoms. The van der Waals surface area contributed by atoms with Gasteiger partial charge in [-0.25, -0.2) is 0 Å². The highest BCUT2D eigenvalue weighted by Gasteiger charge is 2.09. The van der Waals surface area contributed by atoms with Crippen molar-refractivity contribution in [2.75, 3.05) is 23.8 Å². The van der Waals surface area contributed by atoms with Crippen LogP contribution in [0.3, 0.4) is 0 Å². The first-order valence-electron chi connectivity index (χ1n) is 6.24. The third-order valence-corrected chi connectivity index (χ3v) is 3.74. The number of hydrogen-bond acceptors (Lipinski definition) is 4. The smallest absolute Gasteiger partial charge is 0.226 e. The van der Waals surface area contributed by atoms with Crippen LogP contribution in [-0.4, -0.2) is 19.5 Å². The van der Waals surface area contributed by atoms with Gasteiger partial charge in [0, 0.05) is 25.7 Å². The van der Waals surface area contributed by atoms with Crippen LogP contribution in [0.2, 0.25) is 0 Å². The molecule has 0 fully saturated rings. The monoisotopic (exact) mass is 285 g/mol. The Kier molecular flexibility index (Phi) is 4.75. The number of nitrogens with one attached hydrogen (secondary N) is 1. The van der Waals surface area contributed by atoms with Gasteiger partial charge >= 0.3 is 0 Å². The van der Waals surface area contributed by atoms with E-state index in [1.165, 1.54) is 11.3 Å². The zero-order valence-electron chi connectivity index (χ0n) is 11.2. The van der Waals surface area contributed by atoms with Crippen LogP contribution in [0, 0.1) is 11.3 Å². The highest BCUT2D eigenvalue weighted by molar-refractivity contribution is 7.14. The van der Waals surface area contributed by atoms with E-state index in [0.717, 1.165) is 5.69 Å². The number of carbonyl (C=O) groups is 1. The lowest BCUT2D eigenvalue weighted by molar-refractivity contribution is -0.116. The van der Waals surface area contributed by atoms with Crippen molar-refractivity contribution < 1.29 is 4.79 Å². The summed E-state index contributed by atoms with van der Waals surface area (Å²) in [5.41, 5.74) is 1.59. The molecule has 0 saturated heterocycles. The van der Waals surface area contributed by atoms with Crippen molar-refractivity contribution in [2.45, 2.75) is 6.42 Å². The van der Waals surface area contributed by atoms with Gasteiger partial charge in [-0.3, -0.25) is 4.79 Å². The minimum absolute atomic E-state index is 0.0771. The zero-order valence-corrected chi connectivity index (χ0v) is 12.0. The van der Waals surface area contributed by atoms with E-state index in [1.807, 2.05) is 42.3 Å². The van der Waals surface area contributed by atoms with Crippen molar-refractivity contribution in [3.63, 3.8) is 0 Å². The minimum atomic E-state index is -0.0771. The Morgan fingerprint density at radius 3 is 2.80 bits per heavy atom. The maximum Gasteiger partial charge on any atom is 0.226 e. The van der Waals surface area contributed by atoms with E-state index < -0.39 is 0 Å². The maximum atomic E-state index is 11.9. The van der Waals surface area contributed by atoms with Crippen LogP contribution >= 0.6 is 11.3 Å². The molecule has 0 aliphatic carbocycles. The molecule has 1 aromatic carbocycles. The fraction of sp³-hybridized carbons (Fsp3) is 0.200. The Balaban J connectivity index is 1.86. The third kappa shape index (κ3) is 3.59. The third-order valence-electron chi connectivity index (χ3n) is 2.91. The molecular formula is C15H15N3OS. The number of amides is 1. The first kappa shape index (κ1) is 14.1. The van der Waals surface area contributed by atoms with Gasteiger partial charge in [0.2, 0.25) is 5.91 Å². The number of thiophene rings is 1. The molecule has 2 aromatic rings. The SMILES string of the molecule is CN(CCC(=O)Nc1sccc1C#N)c1ccccc1. The summed E-state index contributed by atoms with van der Waals surface area (Å²) >= 11 is 1.37. The van der Waals surface area contributed by atoms with Gasteiger partial charge in [-0.15, -0.1) is 11.3 Å². The second kappa shape index (κ2) is 6.73. The summed E-state index contributed by atoms with van der Waals surface area (Å²) in [6, 6.07) is 13.7. The number of rotatable bonds is 5. The molecule has 4 nitrogen and oxygen atoms in total. The highest BCUT2D eigenvalue weighted by Crippen LogP contribution is 2.22. The molecule has 0 aliphatic rings. The Morgan fingerprint density at radius 1 is 1.35 bits per heavy atom. The van der Waals surface area contributed by atoms with Gasteiger partial charge in [-0.2, -0.15) is 5.26 Å². The molecule has 20 heavy (non-hydrogen) atoms. The van der Waals surface area contributed by atoms with Gasteiger partial charge in [-0.05, 0) is 23.6 Å². The fourth-order valence-corrected chi connectivity index (χ4v) is 2.52. The van der Waals surface area contributed by atoms with Gasteiger partial charge < -0.3 is 10.2 Å². The van der Waals surface area contributed by atoms with Crippen molar-refractivity contribution in [2.24, 2.45) is 0 Å². The first-order valence-corrected chi connectivity index (χ1v) is 7.12. The van der Waals surface area contributed by atoms with E-state index in [2.05, 4.69) is 11.4 Å². The van der Waals surface area contributed by atoms with Crippen molar-refractivity contribution >= 4 is 27.9 Å². The molecule has 0 spiro atoms. The number of hydrogen-bond donors (Lipinski definition) is 1. The molecule has 102 valence electrons. The van der Waals surface area contributed by atoms with E-state index in [-0.39, 0.29) is 5.91 Å². The van der Waals surface area contributed by atoms with Gasteiger partial charge in [0.25, 0.3) is 0 Å². The number of para-hydroxylation sites is 1. The van der Waals surface area contributed by atoms with Crippen LogP contribution in [0.4, 0.5) is 10.7 Å². The molecule has 1 N–H and O–H groups in total. The number of nitriles is 1. The molecule has 2 rings (SSSR count). The molecule has 0 saturated carbocycles. The molecule has 0 unspecified atom stereocenters. The quantitative estimate of drug-likeness (QED) is 0.918. The van der Waals surface area contributed by atoms with Crippen molar-refractivity contribution in [1.82, 2.24) is 0 Å². The summed E-state index contributed by atoms with van der Waals surface area (Å²) in [5.74, 6) is -0.0771. The van der Waals surface area contributed by atoms with Crippen molar-refractivity contribution in [3.05, 3.63) is 47.3 Å². The Labute approximate surface area is 122 Å². The molecule has 0 atom stereocenters. The van der Waals surface area contributed by atoms with Gasteiger partial charge in [0.15, 0.2) is 0 Å². The topological polar surface area (TPSA) is 56.1 Å². The molecule has 1 aromatic heterocycles. The standard InChI is InChI=1S/C15H15N3OS/c1-18(13-5-3-2-4-6-13)9-7-14(19)17-15-12(11-16)8-10-20-15/h2-6,8,10H,7,9H2,1H3,(H,17,19). The lowest BCUT2D eigenvalue weighted by Gasteiger charge is -2.18. The normalized spacial score (nSPS) is 9.80. The second-order valence-electron chi connectivity index (χ2n) is 4.33. The average Bonchev–Trinajstić information content (AvgIpc) is 2.92. The number of nitrogens with zero attached hydrogens (tertiary/aromatic N) is 2. The maximum absolute atomic E-state index is 11.9. The van der Waals surface area contributed by atoms with E-state index in [9.17, 15) is 4.79 Å². The molecular weight excluding hydrogens is 270 g/mol. The summed E-state index contributed by atoms with van der Waals surface area (Å²) in [7, 11) is 1.95. The van der Waals surface area contributed by atoms with E-state index in [4.69, 9.17) is 5.26 Å². The van der Waals surface area contributed by atoms with Crippen molar-refractivity contribution in [1.29, 1.82) is 5.26 Å². The summed E-state index contributed by atoms with van der Waals surface area (Å²) < 4.78 is 0. The summed E-state index contributed by atoms with van der Waals surface area (Å²) in [6.45, 7) is 0.628.